The first-order valence-electron chi connectivity index (χ1n) is 10.5. The van der Waals surface area contributed by atoms with Crippen molar-refractivity contribution in [3.8, 4) is 22.8 Å². The molecule has 2 heterocycles. The van der Waals surface area contributed by atoms with Gasteiger partial charge in [0.15, 0.2) is 21.9 Å². The molecular weight excluding hydrogens is 432 g/mol. The van der Waals surface area contributed by atoms with Crippen LogP contribution >= 0.6 is 0 Å². The molecule has 8 nitrogen and oxygen atoms in total. The zero-order valence-electron chi connectivity index (χ0n) is 18.0. The number of nitrogens with one attached hydrogen (secondary N) is 1. The van der Waals surface area contributed by atoms with Gasteiger partial charge >= 0.3 is 0 Å². The molecule has 1 aliphatic heterocycles. The summed E-state index contributed by atoms with van der Waals surface area (Å²) < 4.78 is 47.3. The molecule has 1 atom stereocenters. The van der Waals surface area contributed by atoms with Crippen LogP contribution in [0.1, 0.15) is 26.2 Å². The highest BCUT2D eigenvalue weighted by atomic mass is 32.2. The molecule has 1 fully saturated rings. The van der Waals surface area contributed by atoms with Crippen LogP contribution in [0.4, 0.5) is 11.7 Å². The molecular formula is C23H26N2O6S. The van der Waals surface area contributed by atoms with E-state index in [9.17, 15) is 8.42 Å². The quantitative estimate of drug-likeness (QED) is 0.514. The smallest absolute Gasteiger partial charge is 0.299 e. The standard InChI is InChI=1S/C23H26N2O6S/c1-3-32(26,27)18-10-11-20(28-2)19(14-18)25-23-24-15-21(31-23)16-7-6-8-17(13-16)30-22-9-4-5-12-29-22/h6-8,10-11,13-15,22H,3-5,9,12H2,1-2H3,(H,24,25). The van der Waals surface area contributed by atoms with Gasteiger partial charge in [-0.25, -0.2) is 13.4 Å². The molecule has 0 aliphatic carbocycles. The van der Waals surface area contributed by atoms with Crippen LogP contribution in [0.25, 0.3) is 11.3 Å². The Balaban J connectivity index is 1.53. The Morgan fingerprint density at radius 1 is 1.19 bits per heavy atom. The number of methoxy groups -OCH3 is 1. The predicted molar refractivity (Wildman–Crippen MR) is 120 cm³/mol. The number of oxazole rings is 1. The average Bonchev–Trinajstić information content (AvgIpc) is 3.28. The number of anilines is 2. The lowest BCUT2D eigenvalue weighted by atomic mass is 10.1. The lowest BCUT2D eigenvalue weighted by molar-refractivity contribution is -0.105. The number of rotatable bonds is 8. The second kappa shape index (κ2) is 9.62. The summed E-state index contributed by atoms with van der Waals surface area (Å²) in [5, 5.41) is 3.01. The van der Waals surface area contributed by atoms with E-state index in [0.29, 0.717) is 29.6 Å². The monoisotopic (exact) mass is 458 g/mol. The molecule has 1 aromatic heterocycles. The SMILES string of the molecule is CCS(=O)(=O)c1ccc(OC)c(Nc2ncc(-c3cccc(OC4CCCCO4)c3)o2)c1. The number of aromatic nitrogens is 1. The van der Waals surface area contributed by atoms with Gasteiger partial charge in [-0.2, -0.15) is 0 Å². The summed E-state index contributed by atoms with van der Waals surface area (Å²) in [6.45, 7) is 2.32. The van der Waals surface area contributed by atoms with Crippen molar-refractivity contribution in [2.24, 2.45) is 0 Å². The van der Waals surface area contributed by atoms with Gasteiger partial charge in [0.05, 0.1) is 36.2 Å². The van der Waals surface area contributed by atoms with E-state index >= 15 is 0 Å². The van der Waals surface area contributed by atoms with Gasteiger partial charge in [0.1, 0.15) is 11.5 Å². The van der Waals surface area contributed by atoms with E-state index in [1.54, 1.807) is 19.2 Å². The van der Waals surface area contributed by atoms with Crippen molar-refractivity contribution in [3.63, 3.8) is 0 Å². The van der Waals surface area contributed by atoms with Crippen LogP contribution < -0.4 is 14.8 Å². The van der Waals surface area contributed by atoms with Crippen molar-refractivity contribution in [1.29, 1.82) is 0 Å². The number of nitrogens with zero attached hydrogens (tertiary/aromatic N) is 1. The van der Waals surface area contributed by atoms with E-state index in [-0.39, 0.29) is 23.0 Å². The van der Waals surface area contributed by atoms with Crippen LogP contribution in [0.2, 0.25) is 0 Å². The average molecular weight is 459 g/mol. The molecule has 1 aliphatic rings. The first kappa shape index (κ1) is 22.2. The fraction of sp³-hybridized carbons (Fsp3) is 0.348. The van der Waals surface area contributed by atoms with Gasteiger partial charge in [-0.1, -0.05) is 19.1 Å². The minimum absolute atomic E-state index is 0.00618. The van der Waals surface area contributed by atoms with Gasteiger partial charge in [-0.3, -0.25) is 0 Å². The zero-order valence-corrected chi connectivity index (χ0v) is 18.9. The van der Waals surface area contributed by atoms with E-state index < -0.39 is 9.84 Å². The third kappa shape index (κ3) is 5.05. The molecule has 0 spiro atoms. The maximum atomic E-state index is 12.2. The molecule has 1 unspecified atom stereocenters. The van der Waals surface area contributed by atoms with E-state index in [1.807, 2.05) is 24.3 Å². The van der Waals surface area contributed by atoms with Gasteiger partial charge in [-0.15, -0.1) is 0 Å². The molecule has 1 N–H and O–H groups in total. The molecule has 32 heavy (non-hydrogen) atoms. The number of sulfone groups is 1. The van der Waals surface area contributed by atoms with Gasteiger partial charge in [0, 0.05) is 12.0 Å². The van der Waals surface area contributed by atoms with Gasteiger partial charge in [-0.05, 0) is 43.2 Å². The van der Waals surface area contributed by atoms with Crippen molar-refractivity contribution in [1.82, 2.24) is 4.98 Å². The van der Waals surface area contributed by atoms with Gasteiger partial charge in [0.2, 0.25) is 0 Å². The minimum Gasteiger partial charge on any atom is -0.495 e. The lowest BCUT2D eigenvalue weighted by Gasteiger charge is -2.23. The summed E-state index contributed by atoms with van der Waals surface area (Å²) in [6.07, 6.45) is 4.38. The highest BCUT2D eigenvalue weighted by Gasteiger charge is 2.18. The number of hydrogen-bond donors (Lipinski definition) is 1. The molecule has 9 heteroatoms. The summed E-state index contributed by atoms with van der Waals surface area (Å²) in [5.41, 5.74) is 1.25. The second-order valence-electron chi connectivity index (χ2n) is 7.36. The maximum Gasteiger partial charge on any atom is 0.299 e. The molecule has 1 saturated heterocycles. The van der Waals surface area contributed by atoms with E-state index in [0.717, 1.165) is 24.8 Å². The molecule has 3 aromatic rings. The van der Waals surface area contributed by atoms with E-state index in [2.05, 4.69) is 10.3 Å². The lowest BCUT2D eigenvalue weighted by Crippen LogP contribution is -2.24. The topological polar surface area (TPSA) is 99.9 Å². The zero-order chi connectivity index (χ0) is 22.6. The third-order valence-electron chi connectivity index (χ3n) is 5.18. The highest BCUT2D eigenvalue weighted by molar-refractivity contribution is 7.91. The summed E-state index contributed by atoms with van der Waals surface area (Å²) >= 11 is 0. The van der Waals surface area contributed by atoms with E-state index in [4.69, 9.17) is 18.6 Å². The molecule has 0 radical (unpaired) electrons. The first-order chi connectivity index (χ1) is 15.5. The molecule has 0 saturated carbocycles. The van der Waals surface area contributed by atoms with Gasteiger partial charge in [0.25, 0.3) is 6.01 Å². The molecule has 0 bridgehead atoms. The Morgan fingerprint density at radius 2 is 2.06 bits per heavy atom. The number of benzene rings is 2. The second-order valence-corrected chi connectivity index (χ2v) is 9.64. The predicted octanol–water partition coefficient (Wildman–Crippen LogP) is 4.79. The summed E-state index contributed by atoms with van der Waals surface area (Å²) in [5.74, 6) is 1.72. The fourth-order valence-corrected chi connectivity index (χ4v) is 4.31. The Kier molecular flexibility index (Phi) is 6.66. The Morgan fingerprint density at radius 3 is 2.81 bits per heavy atom. The fourth-order valence-electron chi connectivity index (χ4n) is 3.40. The van der Waals surface area contributed by atoms with Crippen molar-refractivity contribution in [2.75, 3.05) is 24.8 Å². The summed E-state index contributed by atoms with van der Waals surface area (Å²) in [7, 11) is -1.85. The van der Waals surface area contributed by atoms with E-state index in [1.165, 1.54) is 19.2 Å². The Hall–Kier alpha value is -3.04. The largest absolute Gasteiger partial charge is 0.495 e. The van der Waals surface area contributed by atoms with Crippen LogP contribution in [0.3, 0.4) is 0 Å². The van der Waals surface area contributed by atoms with Crippen LogP contribution in [0.5, 0.6) is 11.5 Å². The molecule has 2 aromatic carbocycles. The van der Waals surface area contributed by atoms with Gasteiger partial charge < -0.3 is 23.9 Å². The van der Waals surface area contributed by atoms with Crippen molar-refractivity contribution >= 4 is 21.5 Å². The molecule has 4 rings (SSSR count). The van der Waals surface area contributed by atoms with Crippen LogP contribution in [-0.4, -0.2) is 39.2 Å². The molecule has 170 valence electrons. The minimum atomic E-state index is -3.36. The third-order valence-corrected chi connectivity index (χ3v) is 6.91. The normalized spacial score (nSPS) is 16.5. The van der Waals surface area contributed by atoms with Crippen LogP contribution in [0.15, 0.2) is 58.0 Å². The Labute approximate surface area is 187 Å². The highest BCUT2D eigenvalue weighted by Crippen LogP contribution is 2.33. The van der Waals surface area contributed by atoms with Crippen molar-refractivity contribution in [3.05, 3.63) is 48.7 Å². The van der Waals surface area contributed by atoms with Crippen LogP contribution in [-0.2, 0) is 14.6 Å². The first-order valence-corrected chi connectivity index (χ1v) is 12.2. The maximum absolute atomic E-state index is 12.2. The number of hydrogen-bond acceptors (Lipinski definition) is 8. The van der Waals surface area contributed by atoms with Crippen molar-refractivity contribution in [2.45, 2.75) is 37.4 Å². The number of ether oxygens (including phenoxy) is 3. The van der Waals surface area contributed by atoms with Crippen molar-refractivity contribution < 1.29 is 27.0 Å². The molecule has 0 amide bonds. The Bertz CT molecular complexity index is 1170. The summed E-state index contributed by atoms with van der Waals surface area (Å²) in [4.78, 5) is 4.47. The van der Waals surface area contributed by atoms with Crippen LogP contribution in [0, 0.1) is 0 Å². The summed E-state index contributed by atoms with van der Waals surface area (Å²) in [6, 6.07) is 12.4.